The summed E-state index contributed by atoms with van der Waals surface area (Å²) >= 11 is 0. The summed E-state index contributed by atoms with van der Waals surface area (Å²) in [4.78, 5) is 15.3. The number of aromatic nitrogens is 2. The lowest BCUT2D eigenvalue weighted by Gasteiger charge is -2.34. The van der Waals surface area contributed by atoms with Crippen LogP contribution >= 0.6 is 0 Å². The maximum Gasteiger partial charge on any atom is 0.319 e. The number of hydrogen-bond acceptors (Lipinski definition) is 4. The van der Waals surface area contributed by atoms with Crippen LogP contribution in [0.2, 0.25) is 0 Å². The summed E-state index contributed by atoms with van der Waals surface area (Å²) in [5.41, 5.74) is 0.953. The second-order valence-electron chi connectivity index (χ2n) is 5.03. The van der Waals surface area contributed by atoms with Crippen LogP contribution in [0.15, 0.2) is 18.3 Å². The molecule has 0 saturated carbocycles. The molecule has 1 N–H and O–H groups in total. The minimum atomic E-state index is 0.104. The molecule has 1 aromatic heterocycles. The predicted molar refractivity (Wildman–Crippen MR) is 72.5 cm³/mol. The van der Waals surface area contributed by atoms with E-state index in [1.54, 1.807) is 25.2 Å². The predicted octanol–water partition coefficient (Wildman–Crippen LogP) is 0.712. The lowest BCUT2D eigenvalue weighted by Crippen LogP contribution is -2.47. The summed E-state index contributed by atoms with van der Waals surface area (Å²) in [5, 5.41) is 11.4. The highest BCUT2D eigenvalue weighted by molar-refractivity contribution is 5.73. The molecule has 1 saturated heterocycles. The number of nitrogens with zero attached hydrogens (tertiary/aromatic N) is 4. The van der Waals surface area contributed by atoms with Crippen molar-refractivity contribution < 1.29 is 4.79 Å². The fraction of sp³-hybridized carbons (Fsp3) is 0.615. The summed E-state index contributed by atoms with van der Waals surface area (Å²) in [6, 6.07) is 4.41. The maximum atomic E-state index is 11.8. The number of urea groups is 1. The highest BCUT2D eigenvalue weighted by Gasteiger charge is 2.23. The Labute approximate surface area is 113 Å². The Balaban J connectivity index is 1.73. The fourth-order valence-electron chi connectivity index (χ4n) is 2.23. The van der Waals surface area contributed by atoms with Gasteiger partial charge in [0.15, 0.2) is 0 Å². The van der Waals surface area contributed by atoms with Crippen LogP contribution in [-0.4, -0.2) is 59.3 Å². The molecule has 0 aliphatic carbocycles. The Morgan fingerprint density at radius 3 is 2.79 bits per heavy atom. The van der Waals surface area contributed by atoms with Gasteiger partial charge in [0, 0.05) is 46.0 Å². The third-order valence-electron chi connectivity index (χ3n) is 3.35. The van der Waals surface area contributed by atoms with Crippen LogP contribution in [0, 0.1) is 0 Å². The van der Waals surface area contributed by atoms with Crippen molar-refractivity contribution in [2.24, 2.45) is 0 Å². The van der Waals surface area contributed by atoms with E-state index in [1.807, 2.05) is 17.0 Å². The summed E-state index contributed by atoms with van der Waals surface area (Å²) in [7, 11) is 3.58. The molecule has 19 heavy (non-hydrogen) atoms. The van der Waals surface area contributed by atoms with Crippen molar-refractivity contribution in [1.82, 2.24) is 25.3 Å². The number of carbonyl (C=O) groups excluding carboxylic acids is 1. The number of hydrogen-bond donors (Lipinski definition) is 1. The average Bonchev–Trinajstić information content (AvgIpc) is 2.46. The largest absolute Gasteiger partial charge is 0.331 e. The van der Waals surface area contributed by atoms with E-state index < -0.39 is 0 Å². The van der Waals surface area contributed by atoms with E-state index in [9.17, 15) is 4.79 Å². The minimum absolute atomic E-state index is 0.104. The first-order valence-corrected chi connectivity index (χ1v) is 6.63. The molecule has 0 atom stereocenters. The van der Waals surface area contributed by atoms with E-state index in [-0.39, 0.29) is 6.03 Å². The molecule has 1 aliphatic heterocycles. The molecule has 1 aromatic rings. The zero-order chi connectivity index (χ0) is 13.7. The van der Waals surface area contributed by atoms with Gasteiger partial charge in [-0.25, -0.2) is 4.79 Å². The molecule has 1 aliphatic rings. The number of amides is 2. The second kappa shape index (κ2) is 6.47. The van der Waals surface area contributed by atoms with E-state index in [1.165, 1.54) is 0 Å². The molecule has 2 heterocycles. The number of rotatable bonds is 3. The number of piperidine rings is 1. The van der Waals surface area contributed by atoms with Gasteiger partial charge in [-0.05, 0) is 25.0 Å². The summed E-state index contributed by atoms with van der Waals surface area (Å²) in [6.07, 6.45) is 3.65. The van der Waals surface area contributed by atoms with Gasteiger partial charge >= 0.3 is 6.03 Å². The van der Waals surface area contributed by atoms with Gasteiger partial charge < -0.3 is 15.1 Å². The minimum Gasteiger partial charge on any atom is -0.331 e. The van der Waals surface area contributed by atoms with Crippen molar-refractivity contribution in [1.29, 1.82) is 0 Å². The Bertz CT molecular complexity index is 401. The van der Waals surface area contributed by atoms with Crippen molar-refractivity contribution in [3.63, 3.8) is 0 Å². The average molecular weight is 263 g/mol. The van der Waals surface area contributed by atoms with Crippen LogP contribution in [-0.2, 0) is 6.54 Å². The molecule has 0 unspecified atom stereocenters. The molecule has 104 valence electrons. The normalized spacial score (nSPS) is 16.4. The van der Waals surface area contributed by atoms with Crippen molar-refractivity contribution >= 4 is 6.03 Å². The van der Waals surface area contributed by atoms with Gasteiger partial charge in [-0.3, -0.25) is 0 Å². The molecule has 0 aromatic carbocycles. The molecule has 0 bridgehead atoms. The van der Waals surface area contributed by atoms with Gasteiger partial charge in [-0.1, -0.05) is 0 Å². The molecular weight excluding hydrogens is 242 g/mol. The maximum absolute atomic E-state index is 11.8. The third kappa shape index (κ3) is 3.89. The highest BCUT2D eigenvalue weighted by atomic mass is 16.2. The molecule has 2 rings (SSSR count). The van der Waals surface area contributed by atoms with E-state index in [4.69, 9.17) is 0 Å². The quantitative estimate of drug-likeness (QED) is 0.872. The van der Waals surface area contributed by atoms with Crippen molar-refractivity contribution in [2.45, 2.75) is 25.4 Å². The smallest absolute Gasteiger partial charge is 0.319 e. The van der Waals surface area contributed by atoms with E-state index in [0.717, 1.165) is 38.2 Å². The van der Waals surface area contributed by atoms with Gasteiger partial charge in [-0.15, -0.1) is 0 Å². The second-order valence-corrected chi connectivity index (χ2v) is 5.03. The Morgan fingerprint density at radius 1 is 1.47 bits per heavy atom. The number of nitrogens with one attached hydrogen (secondary N) is 1. The van der Waals surface area contributed by atoms with Gasteiger partial charge in [0.05, 0.1) is 5.69 Å². The first kappa shape index (κ1) is 13.7. The van der Waals surface area contributed by atoms with E-state index in [0.29, 0.717) is 6.04 Å². The Kier molecular flexibility index (Phi) is 4.68. The molecule has 6 heteroatoms. The molecular formula is C13H21N5O. The fourth-order valence-corrected chi connectivity index (χ4v) is 2.23. The first-order chi connectivity index (χ1) is 9.16. The third-order valence-corrected chi connectivity index (χ3v) is 3.35. The van der Waals surface area contributed by atoms with E-state index >= 15 is 0 Å². The Hall–Kier alpha value is -1.69. The number of likely N-dealkylation sites (tertiary alicyclic amines) is 1. The van der Waals surface area contributed by atoms with Crippen molar-refractivity contribution in [3.8, 4) is 0 Å². The van der Waals surface area contributed by atoms with Crippen LogP contribution in [0.25, 0.3) is 0 Å². The zero-order valence-electron chi connectivity index (χ0n) is 11.5. The van der Waals surface area contributed by atoms with Gasteiger partial charge in [0.2, 0.25) is 0 Å². The summed E-state index contributed by atoms with van der Waals surface area (Å²) in [5.74, 6) is 0. The summed E-state index contributed by atoms with van der Waals surface area (Å²) < 4.78 is 0. The lowest BCUT2D eigenvalue weighted by atomic mass is 10.1. The zero-order valence-corrected chi connectivity index (χ0v) is 11.5. The topological polar surface area (TPSA) is 61.4 Å². The van der Waals surface area contributed by atoms with Crippen molar-refractivity contribution in [3.05, 3.63) is 24.0 Å². The molecule has 1 fully saturated rings. The number of carbonyl (C=O) groups is 1. The molecule has 6 nitrogen and oxygen atoms in total. The van der Waals surface area contributed by atoms with Crippen LogP contribution < -0.4 is 5.32 Å². The lowest BCUT2D eigenvalue weighted by molar-refractivity contribution is 0.152. The molecule has 2 amide bonds. The highest BCUT2D eigenvalue weighted by Crippen LogP contribution is 2.12. The van der Waals surface area contributed by atoms with Crippen LogP contribution in [0.3, 0.4) is 0 Å². The van der Waals surface area contributed by atoms with Crippen LogP contribution in [0.1, 0.15) is 18.5 Å². The van der Waals surface area contributed by atoms with Crippen LogP contribution in [0.4, 0.5) is 4.79 Å². The molecule has 0 radical (unpaired) electrons. The van der Waals surface area contributed by atoms with Gasteiger partial charge in [0.1, 0.15) is 0 Å². The van der Waals surface area contributed by atoms with Gasteiger partial charge in [-0.2, -0.15) is 10.2 Å². The Morgan fingerprint density at radius 2 is 2.21 bits per heavy atom. The van der Waals surface area contributed by atoms with Crippen molar-refractivity contribution in [2.75, 3.05) is 27.2 Å². The standard InChI is InChI=1S/C13H21N5O/c1-17(2)13(19)18-8-5-11(6-9-18)14-10-12-4-3-7-15-16-12/h3-4,7,11,14H,5-6,8-10H2,1-2H3. The molecule has 0 spiro atoms. The van der Waals surface area contributed by atoms with Gasteiger partial charge in [0.25, 0.3) is 0 Å². The SMILES string of the molecule is CN(C)C(=O)N1CCC(NCc2cccnn2)CC1. The summed E-state index contributed by atoms with van der Waals surface area (Å²) in [6.45, 7) is 2.37. The van der Waals surface area contributed by atoms with E-state index in [2.05, 4.69) is 15.5 Å². The monoisotopic (exact) mass is 263 g/mol. The van der Waals surface area contributed by atoms with Crippen LogP contribution in [0.5, 0.6) is 0 Å². The first-order valence-electron chi connectivity index (χ1n) is 6.63.